The second kappa shape index (κ2) is 3.78. The van der Waals surface area contributed by atoms with Crippen LogP contribution in [0.25, 0.3) is 11.0 Å². The maximum atomic E-state index is 12.8. The molecule has 0 saturated heterocycles. The Morgan fingerprint density at radius 3 is 3.07 bits per heavy atom. The van der Waals surface area contributed by atoms with Crippen LogP contribution in [-0.4, -0.2) is 9.55 Å². The Hall–Kier alpha value is -1.38. The van der Waals surface area contributed by atoms with Gasteiger partial charge in [0, 0.05) is 12.6 Å². The van der Waals surface area contributed by atoms with Gasteiger partial charge in [-0.3, -0.25) is 0 Å². The molecule has 74 valence electrons. The van der Waals surface area contributed by atoms with Gasteiger partial charge in [-0.25, -0.2) is 9.37 Å². The molecule has 1 aromatic heterocycles. The summed E-state index contributed by atoms with van der Waals surface area (Å²) in [4.78, 5) is 4.16. The summed E-state index contributed by atoms with van der Waals surface area (Å²) in [7, 11) is 0. The van der Waals surface area contributed by atoms with Gasteiger partial charge in [0.25, 0.3) is 0 Å². The normalized spacial score (nSPS) is 11.0. The van der Waals surface area contributed by atoms with Crippen LogP contribution in [0.3, 0.4) is 0 Å². The van der Waals surface area contributed by atoms with E-state index in [0.717, 1.165) is 30.4 Å². The number of nitrogens with zero attached hydrogens (tertiary/aromatic N) is 2. The van der Waals surface area contributed by atoms with Gasteiger partial charge in [-0.15, -0.1) is 0 Å². The molecule has 1 heterocycles. The Morgan fingerprint density at radius 2 is 2.29 bits per heavy atom. The Balaban J connectivity index is 2.37. The Labute approximate surface area is 82.4 Å². The van der Waals surface area contributed by atoms with E-state index in [2.05, 4.69) is 16.5 Å². The highest BCUT2D eigenvalue weighted by molar-refractivity contribution is 5.75. The number of unbranched alkanes of at least 4 members (excludes halogenated alkanes) is 1. The molecule has 0 fully saturated rings. The highest BCUT2D eigenvalue weighted by atomic mass is 19.1. The van der Waals surface area contributed by atoms with E-state index in [1.807, 2.05) is 0 Å². The summed E-state index contributed by atoms with van der Waals surface area (Å²) in [6.45, 7) is 3.11. The van der Waals surface area contributed by atoms with Gasteiger partial charge >= 0.3 is 0 Å². The summed E-state index contributed by atoms with van der Waals surface area (Å²) in [5.41, 5.74) is 1.75. The van der Waals surface area contributed by atoms with Gasteiger partial charge in [-0.1, -0.05) is 13.3 Å². The van der Waals surface area contributed by atoms with E-state index in [1.54, 1.807) is 12.4 Å². The number of imidazole rings is 1. The fourth-order valence-corrected chi connectivity index (χ4v) is 1.54. The van der Waals surface area contributed by atoms with Crippen molar-refractivity contribution in [3.8, 4) is 0 Å². The third kappa shape index (κ3) is 1.62. The minimum Gasteiger partial charge on any atom is -0.331 e. The summed E-state index contributed by atoms with van der Waals surface area (Å²) in [5, 5.41) is 0. The molecule has 14 heavy (non-hydrogen) atoms. The summed E-state index contributed by atoms with van der Waals surface area (Å²) >= 11 is 0. The van der Waals surface area contributed by atoms with E-state index in [9.17, 15) is 4.39 Å². The van der Waals surface area contributed by atoms with E-state index < -0.39 is 0 Å². The van der Waals surface area contributed by atoms with Crippen molar-refractivity contribution in [3.63, 3.8) is 0 Å². The fraction of sp³-hybridized carbons (Fsp3) is 0.364. The van der Waals surface area contributed by atoms with Crippen LogP contribution in [-0.2, 0) is 6.54 Å². The lowest BCUT2D eigenvalue weighted by Gasteiger charge is -2.01. The molecule has 0 N–H and O–H groups in total. The highest BCUT2D eigenvalue weighted by Gasteiger charge is 2.02. The van der Waals surface area contributed by atoms with Gasteiger partial charge in [-0.05, 0) is 18.6 Å². The first-order valence-corrected chi connectivity index (χ1v) is 4.91. The highest BCUT2D eigenvalue weighted by Crippen LogP contribution is 2.14. The Morgan fingerprint density at radius 1 is 1.43 bits per heavy atom. The summed E-state index contributed by atoms with van der Waals surface area (Å²) < 4.78 is 14.9. The SMILES string of the molecule is CCCCn1cnc2cc(F)ccc21. The lowest BCUT2D eigenvalue weighted by molar-refractivity contribution is 0.628. The molecule has 0 bridgehead atoms. The summed E-state index contributed by atoms with van der Waals surface area (Å²) in [5.74, 6) is -0.224. The zero-order chi connectivity index (χ0) is 9.97. The molecule has 1 aromatic carbocycles. The van der Waals surface area contributed by atoms with Crippen LogP contribution >= 0.6 is 0 Å². The molecule has 0 radical (unpaired) electrons. The Kier molecular flexibility index (Phi) is 2.48. The fourth-order valence-electron chi connectivity index (χ4n) is 1.54. The van der Waals surface area contributed by atoms with E-state index >= 15 is 0 Å². The monoisotopic (exact) mass is 192 g/mol. The maximum absolute atomic E-state index is 12.8. The number of aryl methyl sites for hydroxylation is 1. The topological polar surface area (TPSA) is 17.8 Å². The van der Waals surface area contributed by atoms with Crippen LogP contribution < -0.4 is 0 Å². The molecule has 0 atom stereocenters. The van der Waals surface area contributed by atoms with E-state index in [-0.39, 0.29) is 5.82 Å². The predicted octanol–water partition coefficient (Wildman–Crippen LogP) is 2.98. The first-order chi connectivity index (χ1) is 6.81. The molecule has 0 aliphatic rings. The lowest BCUT2D eigenvalue weighted by Crippen LogP contribution is -1.94. The second-order valence-electron chi connectivity index (χ2n) is 3.42. The summed E-state index contributed by atoms with van der Waals surface area (Å²) in [6.07, 6.45) is 4.06. The van der Waals surface area contributed by atoms with E-state index in [1.165, 1.54) is 12.1 Å². The van der Waals surface area contributed by atoms with Crippen LogP contribution in [0.15, 0.2) is 24.5 Å². The molecule has 0 aliphatic carbocycles. The van der Waals surface area contributed by atoms with Crippen molar-refractivity contribution in [1.29, 1.82) is 0 Å². The van der Waals surface area contributed by atoms with Gasteiger partial charge in [0.1, 0.15) is 5.82 Å². The molecule has 2 aromatic rings. The molecule has 2 rings (SSSR count). The zero-order valence-electron chi connectivity index (χ0n) is 8.20. The van der Waals surface area contributed by atoms with Crippen molar-refractivity contribution in [2.45, 2.75) is 26.3 Å². The van der Waals surface area contributed by atoms with Gasteiger partial charge in [-0.2, -0.15) is 0 Å². The quantitative estimate of drug-likeness (QED) is 0.731. The molecule has 0 spiro atoms. The van der Waals surface area contributed by atoms with Gasteiger partial charge in [0.15, 0.2) is 0 Å². The van der Waals surface area contributed by atoms with Crippen molar-refractivity contribution >= 4 is 11.0 Å². The Bertz CT molecular complexity index is 434. The third-order valence-electron chi connectivity index (χ3n) is 2.34. The lowest BCUT2D eigenvalue weighted by atomic mass is 10.3. The van der Waals surface area contributed by atoms with Gasteiger partial charge in [0.2, 0.25) is 0 Å². The number of fused-ring (bicyclic) bond motifs is 1. The zero-order valence-corrected chi connectivity index (χ0v) is 8.20. The van der Waals surface area contributed by atoms with E-state index in [0.29, 0.717) is 0 Å². The number of rotatable bonds is 3. The molecule has 2 nitrogen and oxygen atoms in total. The van der Waals surface area contributed by atoms with Crippen molar-refractivity contribution < 1.29 is 4.39 Å². The average Bonchev–Trinajstić information content (AvgIpc) is 2.57. The van der Waals surface area contributed by atoms with Crippen LogP contribution in [0.5, 0.6) is 0 Å². The summed E-state index contributed by atoms with van der Waals surface area (Å²) in [6, 6.07) is 4.73. The van der Waals surface area contributed by atoms with Gasteiger partial charge < -0.3 is 4.57 Å². The van der Waals surface area contributed by atoms with Crippen LogP contribution in [0.4, 0.5) is 4.39 Å². The van der Waals surface area contributed by atoms with E-state index in [4.69, 9.17) is 0 Å². The largest absolute Gasteiger partial charge is 0.331 e. The number of halogens is 1. The van der Waals surface area contributed by atoms with Gasteiger partial charge in [0.05, 0.1) is 17.4 Å². The van der Waals surface area contributed by atoms with Crippen molar-refractivity contribution in [1.82, 2.24) is 9.55 Å². The second-order valence-corrected chi connectivity index (χ2v) is 3.42. The standard InChI is InChI=1S/C11H13FN2/c1-2-3-6-14-8-13-10-7-9(12)4-5-11(10)14/h4-5,7-8H,2-3,6H2,1H3. The molecular weight excluding hydrogens is 179 g/mol. The van der Waals surface area contributed by atoms with Crippen molar-refractivity contribution in [2.24, 2.45) is 0 Å². The van der Waals surface area contributed by atoms with Crippen molar-refractivity contribution in [3.05, 3.63) is 30.3 Å². The minimum atomic E-state index is -0.224. The third-order valence-corrected chi connectivity index (χ3v) is 2.34. The maximum Gasteiger partial charge on any atom is 0.125 e. The molecule has 0 aliphatic heterocycles. The van der Waals surface area contributed by atoms with Crippen molar-refractivity contribution in [2.75, 3.05) is 0 Å². The molecule has 3 heteroatoms. The number of hydrogen-bond donors (Lipinski definition) is 0. The van der Waals surface area contributed by atoms with Crippen LogP contribution in [0, 0.1) is 5.82 Å². The first kappa shape index (κ1) is 9.19. The molecule has 0 amide bonds. The van der Waals surface area contributed by atoms with Crippen LogP contribution in [0.2, 0.25) is 0 Å². The number of hydrogen-bond acceptors (Lipinski definition) is 1. The molecule has 0 unspecified atom stereocenters. The first-order valence-electron chi connectivity index (χ1n) is 4.91. The average molecular weight is 192 g/mol. The number of benzene rings is 1. The molecule has 0 saturated carbocycles. The van der Waals surface area contributed by atoms with Crippen LogP contribution in [0.1, 0.15) is 19.8 Å². The predicted molar refractivity (Wildman–Crippen MR) is 54.6 cm³/mol. The molecular formula is C11H13FN2. The minimum absolute atomic E-state index is 0.224. The number of aromatic nitrogens is 2. The smallest absolute Gasteiger partial charge is 0.125 e.